The standard InChI is InChI=1S/C13H24N2O4S/c1-5-13(3,4)15-11(17)8-20-7-6-10(12(18)19)14-9(2)16/h10H,5-8H2,1-4H3,(H,14,16)(H,15,17)(H,18,19). The van der Waals surface area contributed by atoms with Crippen molar-refractivity contribution >= 4 is 29.5 Å². The largest absolute Gasteiger partial charge is 0.480 e. The normalized spacial score (nSPS) is 12.6. The SMILES string of the molecule is CCC(C)(C)NC(=O)CSCCC(NC(C)=O)C(=O)O. The fourth-order valence-electron chi connectivity index (χ4n) is 1.37. The molecule has 20 heavy (non-hydrogen) atoms. The van der Waals surface area contributed by atoms with Gasteiger partial charge in [0.1, 0.15) is 6.04 Å². The van der Waals surface area contributed by atoms with Crippen LogP contribution in [0.2, 0.25) is 0 Å². The highest BCUT2D eigenvalue weighted by atomic mass is 32.2. The third-order valence-corrected chi connectivity index (χ3v) is 3.81. The Kier molecular flexibility index (Phi) is 8.29. The van der Waals surface area contributed by atoms with Crippen molar-refractivity contribution in [2.45, 2.75) is 52.1 Å². The van der Waals surface area contributed by atoms with Crippen molar-refractivity contribution in [1.29, 1.82) is 0 Å². The molecule has 0 aromatic heterocycles. The molecule has 0 aromatic rings. The summed E-state index contributed by atoms with van der Waals surface area (Å²) in [5, 5.41) is 14.2. The Morgan fingerprint density at radius 3 is 2.35 bits per heavy atom. The molecule has 116 valence electrons. The van der Waals surface area contributed by atoms with Crippen LogP contribution in [-0.2, 0) is 14.4 Å². The van der Waals surface area contributed by atoms with E-state index in [0.717, 1.165) is 6.42 Å². The number of carboxylic acids is 1. The maximum absolute atomic E-state index is 11.7. The highest BCUT2D eigenvalue weighted by Gasteiger charge is 2.19. The van der Waals surface area contributed by atoms with E-state index in [9.17, 15) is 14.4 Å². The molecular formula is C13H24N2O4S. The van der Waals surface area contributed by atoms with E-state index in [4.69, 9.17) is 5.11 Å². The molecule has 0 saturated heterocycles. The molecule has 0 aromatic carbocycles. The van der Waals surface area contributed by atoms with E-state index < -0.39 is 12.0 Å². The lowest BCUT2D eigenvalue weighted by Gasteiger charge is -2.24. The zero-order valence-corrected chi connectivity index (χ0v) is 13.3. The van der Waals surface area contributed by atoms with Crippen LogP contribution in [0, 0.1) is 0 Å². The molecule has 1 atom stereocenters. The third kappa shape index (κ3) is 8.79. The van der Waals surface area contributed by atoms with E-state index >= 15 is 0 Å². The van der Waals surface area contributed by atoms with Crippen LogP contribution >= 0.6 is 11.8 Å². The molecule has 0 saturated carbocycles. The van der Waals surface area contributed by atoms with Crippen LogP contribution in [0.15, 0.2) is 0 Å². The quantitative estimate of drug-likeness (QED) is 0.552. The van der Waals surface area contributed by atoms with Crippen molar-refractivity contribution in [2.24, 2.45) is 0 Å². The Balaban J connectivity index is 3.97. The van der Waals surface area contributed by atoms with Crippen molar-refractivity contribution in [3.8, 4) is 0 Å². The molecule has 0 spiro atoms. The number of carbonyl (C=O) groups is 3. The molecule has 0 bridgehead atoms. The molecule has 0 fully saturated rings. The number of hydrogen-bond acceptors (Lipinski definition) is 4. The molecule has 2 amide bonds. The first-order chi connectivity index (χ1) is 9.18. The second-order valence-corrected chi connectivity index (χ2v) is 6.32. The molecular weight excluding hydrogens is 280 g/mol. The highest BCUT2D eigenvalue weighted by Crippen LogP contribution is 2.09. The maximum atomic E-state index is 11.7. The van der Waals surface area contributed by atoms with Gasteiger partial charge < -0.3 is 15.7 Å². The molecule has 1 unspecified atom stereocenters. The third-order valence-electron chi connectivity index (χ3n) is 2.82. The maximum Gasteiger partial charge on any atom is 0.326 e. The van der Waals surface area contributed by atoms with Crippen molar-refractivity contribution in [3.05, 3.63) is 0 Å². The van der Waals surface area contributed by atoms with Crippen molar-refractivity contribution in [3.63, 3.8) is 0 Å². The van der Waals surface area contributed by atoms with E-state index in [1.54, 1.807) is 0 Å². The number of nitrogens with one attached hydrogen (secondary N) is 2. The number of amides is 2. The first-order valence-corrected chi connectivity index (χ1v) is 7.72. The summed E-state index contributed by atoms with van der Waals surface area (Å²) in [5.41, 5.74) is -0.225. The predicted octanol–water partition coefficient (Wildman–Crippen LogP) is 1.00. The number of carboxylic acid groups (broad SMARTS) is 1. The van der Waals surface area contributed by atoms with Crippen LogP contribution in [0.5, 0.6) is 0 Å². The second kappa shape index (κ2) is 8.84. The molecule has 0 aliphatic carbocycles. The van der Waals surface area contributed by atoms with Gasteiger partial charge in [-0.1, -0.05) is 6.92 Å². The van der Waals surface area contributed by atoms with Gasteiger partial charge in [-0.15, -0.1) is 0 Å². The average Bonchev–Trinajstić information content (AvgIpc) is 2.31. The van der Waals surface area contributed by atoms with E-state index in [1.807, 2.05) is 20.8 Å². The summed E-state index contributed by atoms with van der Waals surface area (Å²) in [5.74, 6) is -0.706. The molecule has 3 N–H and O–H groups in total. The number of rotatable bonds is 9. The minimum Gasteiger partial charge on any atom is -0.480 e. The zero-order chi connectivity index (χ0) is 15.8. The fraction of sp³-hybridized carbons (Fsp3) is 0.769. The van der Waals surface area contributed by atoms with Crippen LogP contribution in [0.3, 0.4) is 0 Å². The summed E-state index contributed by atoms with van der Waals surface area (Å²) >= 11 is 1.36. The summed E-state index contributed by atoms with van der Waals surface area (Å²) < 4.78 is 0. The smallest absolute Gasteiger partial charge is 0.326 e. The van der Waals surface area contributed by atoms with E-state index in [-0.39, 0.29) is 23.1 Å². The van der Waals surface area contributed by atoms with Gasteiger partial charge in [-0.05, 0) is 32.4 Å². The average molecular weight is 304 g/mol. The monoisotopic (exact) mass is 304 g/mol. The molecule has 0 radical (unpaired) electrons. The van der Waals surface area contributed by atoms with Crippen LogP contribution < -0.4 is 10.6 Å². The minimum atomic E-state index is -1.06. The molecule has 0 heterocycles. The molecule has 0 aliphatic heterocycles. The second-order valence-electron chi connectivity index (χ2n) is 5.22. The van der Waals surface area contributed by atoms with Crippen LogP contribution in [0.4, 0.5) is 0 Å². The van der Waals surface area contributed by atoms with Gasteiger partial charge >= 0.3 is 5.97 Å². The Morgan fingerprint density at radius 1 is 1.30 bits per heavy atom. The number of thioether (sulfide) groups is 1. The molecule has 0 rings (SSSR count). The summed E-state index contributed by atoms with van der Waals surface area (Å²) in [4.78, 5) is 33.4. The Hall–Kier alpha value is -1.24. The minimum absolute atomic E-state index is 0.0618. The lowest BCUT2D eigenvalue weighted by molar-refractivity contribution is -0.141. The highest BCUT2D eigenvalue weighted by molar-refractivity contribution is 7.99. The topological polar surface area (TPSA) is 95.5 Å². The van der Waals surface area contributed by atoms with Gasteiger partial charge in [0, 0.05) is 12.5 Å². The van der Waals surface area contributed by atoms with Crippen molar-refractivity contribution in [2.75, 3.05) is 11.5 Å². The van der Waals surface area contributed by atoms with Gasteiger partial charge in [-0.25, -0.2) is 4.79 Å². The summed E-state index contributed by atoms with van der Waals surface area (Å²) in [6, 6.07) is -0.893. The van der Waals surface area contributed by atoms with Crippen LogP contribution in [-0.4, -0.2) is 46.0 Å². The molecule has 0 aliphatic rings. The van der Waals surface area contributed by atoms with Gasteiger partial charge in [0.15, 0.2) is 0 Å². The first-order valence-electron chi connectivity index (χ1n) is 6.56. The Morgan fingerprint density at radius 2 is 1.90 bits per heavy atom. The van der Waals surface area contributed by atoms with Gasteiger partial charge in [-0.2, -0.15) is 11.8 Å². The number of hydrogen-bond donors (Lipinski definition) is 3. The summed E-state index contributed by atoms with van der Waals surface area (Å²) in [6.07, 6.45) is 1.14. The van der Waals surface area contributed by atoms with Gasteiger partial charge in [0.2, 0.25) is 11.8 Å². The Labute approximate surface area is 124 Å². The molecule has 7 heteroatoms. The summed E-state index contributed by atoms with van der Waals surface area (Å²) in [7, 11) is 0. The van der Waals surface area contributed by atoms with E-state index in [2.05, 4.69) is 10.6 Å². The lowest BCUT2D eigenvalue weighted by Crippen LogP contribution is -2.43. The van der Waals surface area contributed by atoms with Gasteiger partial charge in [0.25, 0.3) is 0 Å². The molecule has 6 nitrogen and oxygen atoms in total. The van der Waals surface area contributed by atoms with Gasteiger partial charge in [0.05, 0.1) is 5.75 Å². The fourth-order valence-corrected chi connectivity index (χ4v) is 2.17. The van der Waals surface area contributed by atoms with E-state index in [1.165, 1.54) is 18.7 Å². The number of aliphatic carboxylic acids is 1. The van der Waals surface area contributed by atoms with Crippen LogP contribution in [0.25, 0.3) is 0 Å². The Bertz CT molecular complexity index is 358. The first kappa shape index (κ1) is 18.8. The number of carbonyl (C=O) groups excluding carboxylic acids is 2. The predicted molar refractivity (Wildman–Crippen MR) is 79.7 cm³/mol. The van der Waals surface area contributed by atoms with Gasteiger partial charge in [-0.3, -0.25) is 9.59 Å². The van der Waals surface area contributed by atoms with Crippen LogP contribution in [0.1, 0.15) is 40.5 Å². The van der Waals surface area contributed by atoms with Crippen molar-refractivity contribution < 1.29 is 19.5 Å². The zero-order valence-electron chi connectivity index (χ0n) is 12.5. The lowest BCUT2D eigenvalue weighted by atomic mass is 10.0. The summed E-state index contributed by atoms with van der Waals surface area (Å²) in [6.45, 7) is 7.18. The van der Waals surface area contributed by atoms with Crippen molar-refractivity contribution in [1.82, 2.24) is 10.6 Å². The van der Waals surface area contributed by atoms with E-state index in [0.29, 0.717) is 12.2 Å².